The normalized spacial score (nSPS) is 15.9. The standard InChI is InChI=1S/C25H24N2O2/c28-24(20-10-5-2-6-11-20)26-22-15-13-21(14-16-22)25(29)27-17-7-12-23(27)18-19-8-3-1-4-9-19/h1-6,8-11,13-16,23H,7,12,17-18H2,(H,26,28). The van der Waals surface area contributed by atoms with Crippen LogP contribution in [0.25, 0.3) is 0 Å². The van der Waals surface area contributed by atoms with Gasteiger partial charge in [-0.15, -0.1) is 0 Å². The maximum absolute atomic E-state index is 13.0. The lowest BCUT2D eigenvalue weighted by molar-refractivity contribution is 0.0736. The SMILES string of the molecule is O=C(Nc1ccc(C(=O)N2CCCC2Cc2ccccc2)cc1)c1ccccc1. The first-order valence-electron chi connectivity index (χ1n) is 10.0. The van der Waals surface area contributed by atoms with E-state index in [4.69, 9.17) is 0 Å². The van der Waals surface area contributed by atoms with Gasteiger partial charge < -0.3 is 10.2 Å². The monoisotopic (exact) mass is 384 g/mol. The van der Waals surface area contributed by atoms with E-state index in [0.29, 0.717) is 16.8 Å². The Kier molecular flexibility index (Phi) is 5.71. The maximum atomic E-state index is 13.0. The third-order valence-electron chi connectivity index (χ3n) is 5.38. The van der Waals surface area contributed by atoms with E-state index >= 15 is 0 Å². The summed E-state index contributed by atoms with van der Waals surface area (Å²) in [6, 6.07) is 26.8. The largest absolute Gasteiger partial charge is 0.335 e. The summed E-state index contributed by atoms with van der Waals surface area (Å²) in [7, 11) is 0. The summed E-state index contributed by atoms with van der Waals surface area (Å²) in [6.45, 7) is 0.794. The van der Waals surface area contributed by atoms with Crippen LogP contribution >= 0.6 is 0 Å². The number of hydrogen-bond acceptors (Lipinski definition) is 2. The lowest BCUT2D eigenvalue weighted by Gasteiger charge is -2.25. The molecule has 29 heavy (non-hydrogen) atoms. The zero-order valence-electron chi connectivity index (χ0n) is 16.3. The molecule has 4 nitrogen and oxygen atoms in total. The molecule has 1 fully saturated rings. The molecule has 4 heteroatoms. The molecule has 4 rings (SSSR count). The number of nitrogens with one attached hydrogen (secondary N) is 1. The van der Waals surface area contributed by atoms with E-state index < -0.39 is 0 Å². The van der Waals surface area contributed by atoms with Crippen LogP contribution in [0.4, 0.5) is 5.69 Å². The van der Waals surface area contributed by atoms with Gasteiger partial charge in [0.25, 0.3) is 11.8 Å². The van der Waals surface area contributed by atoms with Crippen LogP contribution in [-0.4, -0.2) is 29.3 Å². The number of anilines is 1. The lowest BCUT2D eigenvalue weighted by Crippen LogP contribution is -2.36. The molecule has 3 aromatic carbocycles. The van der Waals surface area contributed by atoms with Crippen molar-refractivity contribution < 1.29 is 9.59 Å². The summed E-state index contributed by atoms with van der Waals surface area (Å²) >= 11 is 0. The van der Waals surface area contributed by atoms with Crippen molar-refractivity contribution >= 4 is 17.5 Å². The average molecular weight is 384 g/mol. The van der Waals surface area contributed by atoms with E-state index in [1.807, 2.05) is 41.3 Å². The topological polar surface area (TPSA) is 49.4 Å². The molecule has 1 saturated heterocycles. The van der Waals surface area contributed by atoms with Gasteiger partial charge >= 0.3 is 0 Å². The van der Waals surface area contributed by atoms with Crippen molar-refractivity contribution in [1.29, 1.82) is 0 Å². The van der Waals surface area contributed by atoms with Gasteiger partial charge in [-0.25, -0.2) is 0 Å². The molecule has 146 valence electrons. The molecule has 0 radical (unpaired) electrons. The third-order valence-corrected chi connectivity index (χ3v) is 5.38. The molecule has 1 aliphatic rings. The van der Waals surface area contributed by atoms with Crippen molar-refractivity contribution in [3.63, 3.8) is 0 Å². The molecule has 1 N–H and O–H groups in total. The molecule has 1 atom stereocenters. The highest BCUT2D eigenvalue weighted by molar-refractivity contribution is 6.04. The number of amides is 2. The molecule has 1 aliphatic heterocycles. The van der Waals surface area contributed by atoms with Gasteiger partial charge in [0.05, 0.1) is 0 Å². The summed E-state index contributed by atoms with van der Waals surface area (Å²) in [5.74, 6) is -0.100. The van der Waals surface area contributed by atoms with Crippen molar-refractivity contribution in [3.05, 3.63) is 102 Å². The molecule has 0 aliphatic carbocycles. The Labute approximate surface area is 171 Å². The van der Waals surface area contributed by atoms with Crippen LogP contribution in [0.3, 0.4) is 0 Å². The fourth-order valence-electron chi connectivity index (χ4n) is 3.86. The zero-order chi connectivity index (χ0) is 20.1. The minimum atomic E-state index is -0.160. The molecule has 1 unspecified atom stereocenters. The highest BCUT2D eigenvalue weighted by Gasteiger charge is 2.29. The van der Waals surface area contributed by atoms with Crippen LogP contribution in [0.15, 0.2) is 84.9 Å². The van der Waals surface area contributed by atoms with Crippen LogP contribution in [0.1, 0.15) is 39.1 Å². The molecule has 1 heterocycles. The number of nitrogens with zero attached hydrogens (tertiary/aromatic N) is 1. The van der Waals surface area contributed by atoms with E-state index in [9.17, 15) is 9.59 Å². The van der Waals surface area contributed by atoms with Gasteiger partial charge in [-0.2, -0.15) is 0 Å². The predicted octanol–water partition coefficient (Wildman–Crippen LogP) is 4.79. The van der Waals surface area contributed by atoms with Crippen LogP contribution < -0.4 is 5.32 Å². The Morgan fingerprint density at radius 3 is 2.17 bits per heavy atom. The summed E-state index contributed by atoms with van der Waals surface area (Å²) in [4.78, 5) is 27.3. The minimum absolute atomic E-state index is 0.0596. The van der Waals surface area contributed by atoms with E-state index in [2.05, 4.69) is 17.4 Å². The van der Waals surface area contributed by atoms with Gasteiger partial charge in [0.2, 0.25) is 0 Å². The second kappa shape index (κ2) is 8.74. The summed E-state index contributed by atoms with van der Waals surface area (Å²) in [5.41, 5.74) is 3.20. The van der Waals surface area contributed by atoms with Crippen LogP contribution in [0.5, 0.6) is 0 Å². The van der Waals surface area contributed by atoms with Crippen molar-refractivity contribution in [2.24, 2.45) is 0 Å². The molecular weight excluding hydrogens is 360 g/mol. The molecule has 2 amide bonds. The molecule has 0 aromatic heterocycles. The van der Waals surface area contributed by atoms with E-state index in [-0.39, 0.29) is 17.9 Å². The molecule has 0 saturated carbocycles. The van der Waals surface area contributed by atoms with E-state index in [0.717, 1.165) is 25.8 Å². The van der Waals surface area contributed by atoms with Crippen molar-refractivity contribution in [1.82, 2.24) is 4.90 Å². The first kappa shape index (κ1) is 18.9. The first-order chi connectivity index (χ1) is 14.2. The van der Waals surface area contributed by atoms with Gasteiger partial charge in [-0.05, 0) is 61.2 Å². The van der Waals surface area contributed by atoms with Gasteiger partial charge in [-0.1, -0.05) is 48.5 Å². The van der Waals surface area contributed by atoms with Crippen LogP contribution in [-0.2, 0) is 6.42 Å². The predicted molar refractivity (Wildman–Crippen MR) is 115 cm³/mol. The summed E-state index contributed by atoms with van der Waals surface area (Å²) in [5, 5.41) is 2.87. The summed E-state index contributed by atoms with van der Waals surface area (Å²) in [6.07, 6.45) is 2.96. The Morgan fingerprint density at radius 1 is 0.828 bits per heavy atom. The molecule has 0 spiro atoms. The molecule has 0 bridgehead atoms. The number of benzene rings is 3. The van der Waals surface area contributed by atoms with Gasteiger partial charge in [-0.3, -0.25) is 9.59 Å². The number of hydrogen-bond donors (Lipinski definition) is 1. The Bertz CT molecular complexity index is 969. The van der Waals surface area contributed by atoms with E-state index in [1.54, 1.807) is 36.4 Å². The second-order valence-electron chi connectivity index (χ2n) is 7.38. The van der Waals surface area contributed by atoms with Gasteiger partial charge in [0.1, 0.15) is 0 Å². The zero-order valence-corrected chi connectivity index (χ0v) is 16.3. The van der Waals surface area contributed by atoms with Crippen molar-refractivity contribution in [3.8, 4) is 0 Å². The fourth-order valence-corrected chi connectivity index (χ4v) is 3.86. The number of rotatable bonds is 5. The van der Waals surface area contributed by atoms with Crippen LogP contribution in [0, 0.1) is 0 Å². The van der Waals surface area contributed by atoms with Crippen molar-refractivity contribution in [2.45, 2.75) is 25.3 Å². The highest BCUT2D eigenvalue weighted by Crippen LogP contribution is 2.24. The second-order valence-corrected chi connectivity index (χ2v) is 7.38. The molecular formula is C25H24N2O2. The smallest absolute Gasteiger partial charge is 0.255 e. The lowest BCUT2D eigenvalue weighted by atomic mass is 10.0. The Hall–Kier alpha value is -3.40. The number of carbonyl (C=O) groups is 2. The fraction of sp³-hybridized carbons (Fsp3) is 0.200. The maximum Gasteiger partial charge on any atom is 0.255 e. The third kappa shape index (κ3) is 4.54. The van der Waals surface area contributed by atoms with E-state index in [1.165, 1.54) is 5.56 Å². The quantitative estimate of drug-likeness (QED) is 0.688. The Balaban J connectivity index is 1.41. The number of carbonyl (C=O) groups excluding carboxylic acids is 2. The van der Waals surface area contributed by atoms with Crippen molar-refractivity contribution in [2.75, 3.05) is 11.9 Å². The first-order valence-corrected chi connectivity index (χ1v) is 10.0. The van der Waals surface area contributed by atoms with Crippen LogP contribution in [0.2, 0.25) is 0 Å². The van der Waals surface area contributed by atoms with Gasteiger partial charge in [0.15, 0.2) is 0 Å². The highest BCUT2D eigenvalue weighted by atomic mass is 16.2. The minimum Gasteiger partial charge on any atom is -0.335 e. The molecule has 3 aromatic rings. The Morgan fingerprint density at radius 2 is 1.48 bits per heavy atom. The number of likely N-dealkylation sites (tertiary alicyclic amines) is 1. The summed E-state index contributed by atoms with van der Waals surface area (Å²) < 4.78 is 0. The average Bonchev–Trinajstić information content (AvgIpc) is 3.23. The van der Waals surface area contributed by atoms with Gasteiger partial charge in [0, 0.05) is 29.4 Å².